The van der Waals surface area contributed by atoms with E-state index in [9.17, 15) is 4.79 Å². The fourth-order valence-electron chi connectivity index (χ4n) is 2.26. The number of rotatable bonds is 5. The highest BCUT2D eigenvalue weighted by molar-refractivity contribution is 6.31. The van der Waals surface area contributed by atoms with Gasteiger partial charge < -0.3 is 10.6 Å². The highest BCUT2D eigenvalue weighted by Crippen LogP contribution is 2.23. The van der Waals surface area contributed by atoms with E-state index in [0.29, 0.717) is 33.8 Å². The first-order valence-electron chi connectivity index (χ1n) is 7.90. The molecule has 26 heavy (non-hydrogen) atoms. The topological polar surface area (TPSA) is 66.9 Å². The summed E-state index contributed by atoms with van der Waals surface area (Å²) in [5, 5.41) is 7.20. The molecule has 0 aliphatic heterocycles. The zero-order valence-electron chi connectivity index (χ0n) is 14.0. The molecule has 132 valence electrons. The highest BCUT2D eigenvalue weighted by atomic mass is 35.5. The zero-order chi connectivity index (χ0) is 18.5. The van der Waals surface area contributed by atoms with Crippen molar-refractivity contribution in [1.29, 1.82) is 0 Å². The minimum atomic E-state index is -0.292. The van der Waals surface area contributed by atoms with Crippen LogP contribution in [0.1, 0.15) is 21.5 Å². The van der Waals surface area contributed by atoms with Crippen LogP contribution in [-0.4, -0.2) is 15.9 Å². The molecule has 0 spiro atoms. The van der Waals surface area contributed by atoms with E-state index in [2.05, 4.69) is 20.6 Å². The average Bonchev–Trinajstić information content (AvgIpc) is 2.65. The van der Waals surface area contributed by atoms with Gasteiger partial charge in [-0.2, -0.15) is 0 Å². The first-order valence-corrected chi connectivity index (χ1v) is 8.65. The Morgan fingerprint density at radius 2 is 1.73 bits per heavy atom. The number of aromatic nitrogens is 2. The van der Waals surface area contributed by atoms with Crippen LogP contribution in [-0.2, 0) is 6.54 Å². The van der Waals surface area contributed by atoms with Crippen molar-refractivity contribution in [2.24, 2.45) is 0 Å². The van der Waals surface area contributed by atoms with E-state index in [-0.39, 0.29) is 5.91 Å². The van der Waals surface area contributed by atoms with E-state index in [1.54, 1.807) is 18.2 Å². The fraction of sp³-hybridized carbons (Fsp3) is 0.105. The van der Waals surface area contributed by atoms with Crippen molar-refractivity contribution in [3.8, 4) is 0 Å². The van der Waals surface area contributed by atoms with Crippen LogP contribution in [0, 0.1) is 6.92 Å². The van der Waals surface area contributed by atoms with Crippen molar-refractivity contribution in [3.05, 3.63) is 81.6 Å². The molecular weight excluding hydrogens is 371 g/mol. The summed E-state index contributed by atoms with van der Waals surface area (Å²) in [4.78, 5) is 20.7. The van der Waals surface area contributed by atoms with E-state index in [1.807, 2.05) is 31.2 Å². The molecule has 0 aliphatic carbocycles. The lowest BCUT2D eigenvalue weighted by Crippen LogP contribution is -2.14. The maximum absolute atomic E-state index is 12.3. The molecule has 7 heteroatoms. The van der Waals surface area contributed by atoms with Gasteiger partial charge in [-0.15, -0.1) is 0 Å². The average molecular weight is 387 g/mol. The second kappa shape index (κ2) is 8.17. The second-order valence-corrected chi connectivity index (χ2v) is 6.49. The Morgan fingerprint density at radius 1 is 1.04 bits per heavy atom. The van der Waals surface area contributed by atoms with Crippen LogP contribution in [0.2, 0.25) is 10.0 Å². The molecule has 0 saturated carbocycles. The lowest BCUT2D eigenvalue weighted by Gasteiger charge is -2.10. The lowest BCUT2D eigenvalue weighted by atomic mass is 10.2. The molecule has 0 radical (unpaired) electrons. The van der Waals surface area contributed by atoms with Gasteiger partial charge in [0.15, 0.2) is 0 Å². The van der Waals surface area contributed by atoms with Crippen molar-refractivity contribution >= 4 is 40.7 Å². The Kier molecular flexibility index (Phi) is 5.71. The number of benzene rings is 2. The maximum Gasteiger partial charge on any atom is 0.258 e. The van der Waals surface area contributed by atoms with Gasteiger partial charge in [-0.25, -0.2) is 9.97 Å². The summed E-state index contributed by atoms with van der Waals surface area (Å²) in [6.45, 7) is 2.41. The molecule has 0 unspecified atom stereocenters. The number of nitrogens with zero attached hydrogens (tertiary/aromatic N) is 2. The fourth-order valence-corrected chi connectivity index (χ4v) is 2.56. The van der Waals surface area contributed by atoms with Crippen molar-refractivity contribution < 1.29 is 4.79 Å². The number of nitrogens with one attached hydrogen (secondary N) is 2. The van der Waals surface area contributed by atoms with Crippen LogP contribution >= 0.6 is 23.2 Å². The van der Waals surface area contributed by atoms with E-state index >= 15 is 0 Å². The Balaban J connectivity index is 1.62. The molecule has 0 aliphatic rings. The van der Waals surface area contributed by atoms with Gasteiger partial charge in [-0.3, -0.25) is 4.79 Å². The van der Waals surface area contributed by atoms with Crippen LogP contribution in [0.15, 0.2) is 54.9 Å². The Labute approximate surface area is 161 Å². The smallest absolute Gasteiger partial charge is 0.258 e. The van der Waals surface area contributed by atoms with Gasteiger partial charge in [0, 0.05) is 34.7 Å². The summed E-state index contributed by atoms with van der Waals surface area (Å²) in [6, 6.07) is 12.8. The second-order valence-electron chi connectivity index (χ2n) is 5.64. The molecule has 0 saturated heterocycles. The quantitative estimate of drug-likeness (QED) is 0.650. The van der Waals surface area contributed by atoms with Crippen molar-refractivity contribution in [2.75, 3.05) is 10.6 Å². The Hall–Kier alpha value is -2.63. The summed E-state index contributed by atoms with van der Waals surface area (Å²) in [6.07, 6.45) is 2.96. The molecular formula is C19H16Cl2N4O. The minimum absolute atomic E-state index is 0.292. The SMILES string of the molecule is Cc1c(Cl)cccc1NC(=O)c1cnc(NCc2ccc(Cl)cc2)nc1. The summed E-state index contributed by atoms with van der Waals surface area (Å²) < 4.78 is 0. The third-order valence-electron chi connectivity index (χ3n) is 3.79. The van der Waals surface area contributed by atoms with Gasteiger partial charge in [0.2, 0.25) is 5.95 Å². The largest absolute Gasteiger partial charge is 0.350 e. The third kappa shape index (κ3) is 4.50. The van der Waals surface area contributed by atoms with Crippen molar-refractivity contribution in [3.63, 3.8) is 0 Å². The molecule has 0 fully saturated rings. The summed E-state index contributed by atoms with van der Waals surface area (Å²) in [5.74, 6) is 0.148. The van der Waals surface area contributed by atoms with Gasteiger partial charge in [0.1, 0.15) is 0 Å². The number of carbonyl (C=O) groups excluding carboxylic acids is 1. The molecule has 3 rings (SSSR count). The van der Waals surface area contributed by atoms with Gasteiger partial charge in [0.25, 0.3) is 5.91 Å². The van der Waals surface area contributed by atoms with Gasteiger partial charge >= 0.3 is 0 Å². The van der Waals surface area contributed by atoms with E-state index in [4.69, 9.17) is 23.2 Å². The van der Waals surface area contributed by atoms with E-state index in [0.717, 1.165) is 11.1 Å². The molecule has 2 aromatic carbocycles. The number of carbonyl (C=O) groups is 1. The first-order chi connectivity index (χ1) is 12.5. The Morgan fingerprint density at radius 3 is 2.42 bits per heavy atom. The number of amides is 1. The van der Waals surface area contributed by atoms with Crippen LogP contribution in [0.3, 0.4) is 0 Å². The third-order valence-corrected chi connectivity index (χ3v) is 4.46. The molecule has 1 aromatic heterocycles. The molecule has 1 heterocycles. The zero-order valence-corrected chi connectivity index (χ0v) is 15.5. The van der Waals surface area contributed by atoms with Gasteiger partial charge in [0.05, 0.1) is 5.56 Å². The standard InChI is InChI=1S/C19H16Cl2N4O/c1-12-16(21)3-2-4-17(12)25-18(26)14-10-23-19(24-11-14)22-9-13-5-7-15(20)8-6-13/h2-8,10-11H,9H2,1H3,(H,25,26)(H,22,23,24). The Bertz CT molecular complexity index is 912. The molecule has 0 bridgehead atoms. The number of anilines is 2. The number of hydrogen-bond acceptors (Lipinski definition) is 4. The van der Waals surface area contributed by atoms with Crippen molar-refractivity contribution in [1.82, 2.24) is 9.97 Å². The summed E-state index contributed by atoms with van der Waals surface area (Å²) in [5.41, 5.74) is 2.88. The molecule has 3 aromatic rings. The number of hydrogen-bond donors (Lipinski definition) is 2. The monoisotopic (exact) mass is 386 g/mol. The molecule has 2 N–H and O–H groups in total. The summed E-state index contributed by atoms with van der Waals surface area (Å²) in [7, 11) is 0. The van der Waals surface area contributed by atoms with E-state index < -0.39 is 0 Å². The van der Waals surface area contributed by atoms with E-state index in [1.165, 1.54) is 12.4 Å². The predicted molar refractivity (Wildman–Crippen MR) is 105 cm³/mol. The van der Waals surface area contributed by atoms with Crippen LogP contribution in [0.25, 0.3) is 0 Å². The normalized spacial score (nSPS) is 10.4. The minimum Gasteiger partial charge on any atom is -0.350 e. The van der Waals surface area contributed by atoms with Crippen molar-refractivity contribution in [2.45, 2.75) is 13.5 Å². The summed E-state index contributed by atoms with van der Waals surface area (Å²) >= 11 is 11.9. The molecule has 1 amide bonds. The van der Waals surface area contributed by atoms with Crippen LogP contribution < -0.4 is 10.6 Å². The number of halogens is 2. The lowest BCUT2D eigenvalue weighted by molar-refractivity contribution is 0.102. The van der Waals surface area contributed by atoms with Crippen LogP contribution in [0.5, 0.6) is 0 Å². The highest BCUT2D eigenvalue weighted by Gasteiger charge is 2.10. The maximum atomic E-state index is 12.3. The predicted octanol–water partition coefficient (Wildman–Crippen LogP) is 4.96. The first kappa shape index (κ1) is 18.2. The van der Waals surface area contributed by atoms with Gasteiger partial charge in [-0.05, 0) is 42.3 Å². The van der Waals surface area contributed by atoms with Gasteiger partial charge in [-0.1, -0.05) is 41.4 Å². The molecule has 5 nitrogen and oxygen atoms in total. The van der Waals surface area contributed by atoms with Crippen LogP contribution in [0.4, 0.5) is 11.6 Å². The molecule has 0 atom stereocenters.